The number of hydrogen-bond donors (Lipinski definition) is 2. The maximum absolute atomic E-state index is 13.7. The van der Waals surface area contributed by atoms with Gasteiger partial charge in [-0.2, -0.15) is 0 Å². The zero-order chi connectivity index (χ0) is 23.8. The van der Waals surface area contributed by atoms with Crippen LogP contribution < -0.4 is 10.9 Å². The van der Waals surface area contributed by atoms with Gasteiger partial charge in [0.15, 0.2) is 0 Å². The third kappa shape index (κ3) is 4.02. The summed E-state index contributed by atoms with van der Waals surface area (Å²) < 4.78 is 1.67. The standard InChI is InChI=1S/C27H27N3O3S/c1-17-8-10-20(11-9-17)30-23(32)13-12-22-24(28-19-6-3-5-18(2)15-19)25(34-27(22)30)26(33)29-14-4-7-21(29)16-31/h3,5-6,8-13,15,21,28,31H,4,7,14,16H2,1-2H3/t21-/m1/s1. The fraction of sp³-hybridized carbons (Fsp3) is 0.259. The van der Waals surface area contributed by atoms with Crippen LogP contribution in [0.5, 0.6) is 0 Å². The van der Waals surface area contributed by atoms with E-state index in [1.165, 1.54) is 11.3 Å². The van der Waals surface area contributed by atoms with Crippen molar-refractivity contribution < 1.29 is 9.90 Å². The average molecular weight is 474 g/mol. The van der Waals surface area contributed by atoms with Gasteiger partial charge < -0.3 is 15.3 Å². The maximum Gasteiger partial charge on any atom is 0.266 e. The Morgan fingerprint density at radius 1 is 1.09 bits per heavy atom. The van der Waals surface area contributed by atoms with E-state index in [1.807, 2.05) is 62.4 Å². The van der Waals surface area contributed by atoms with Gasteiger partial charge in [-0.15, -0.1) is 11.3 Å². The lowest BCUT2D eigenvalue weighted by Crippen LogP contribution is -2.37. The van der Waals surface area contributed by atoms with Gasteiger partial charge in [-0.25, -0.2) is 0 Å². The molecule has 2 aromatic carbocycles. The number of hydrogen-bond acceptors (Lipinski definition) is 5. The third-order valence-electron chi connectivity index (χ3n) is 6.36. The number of amides is 1. The van der Waals surface area contributed by atoms with Gasteiger partial charge in [-0.1, -0.05) is 29.8 Å². The van der Waals surface area contributed by atoms with E-state index in [0.717, 1.165) is 45.6 Å². The van der Waals surface area contributed by atoms with Crippen molar-refractivity contribution in [3.63, 3.8) is 0 Å². The molecule has 1 atom stereocenters. The van der Waals surface area contributed by atoms with Gasteiger partial charge in [0.25, 0.3) is 11.5 Å². The van der Waals surface area contributed by atoms with Crippen LogP contribution in [-0.2, 0) is 0 Å². The van der Waals surface area contributed by atoms with E-state index >= 15 is 0 Å². The first kappa shape index (κ1) is 22.4. The molecule has 34 heavy (non-hydrogen) atoms. The number of aliphatic hydroxyl groups is 1. The summed E-state index contributed by atoms with van der Waals surface area (Å²) in [6, 6.07) is 19.0. The number of aromatic nitrogens is 1. The quantitative estimate of drug-likeness (QED) is 0.427. The number of rotatable bonds is 5. The van der Waals surface area contributed by atoms with E-state index in [2.05, 4.69) is 5.32 Å². The second-order valence-electron chi connectivity index (χ2n) is 8.84. The normalized spacial score (nSPS) is 15.7. The first-order valence-corrected chi connectivity index (χ1v) is 12.3. The van der Waals surface area contributed by atoms with Crippen molar-refractivity contribution in [2.75, 3.05) is 18.5 Å². The number of thiophene rings is 1. The molecule has 174 valence electrons. The van der Waals surface area contributed by atoms with Crippen molar-refractivity contribution in [2.45, 2.75) is 32.7 Å². The molecule has 0 radical (unpaired) electrons. The maximum atomic E-state index is 13.7. The van der Waals surface area contributed by atoms with Crippen LogP contribution in [0.15, 0.2) is 65.5 Å². The number of carbonyl (C=O) groups excluding carboxylic acids is 1. The summed E-state index contributed by atoms with van der Waals surface area (Å²) in [5.41, 5.74) is 4.40. The number of anilines is 2. The molecule has 1 amide bonds. The lowest BCUT2D eigenvalue weighted by atomic mass is 10.2. The zero-order valence-corrected chi connectivity index (χ0v) is 20.1. The molecule has 2 aromatic heterocycles. The predicted octanol–water partition coefficient (Wildman–Crippen LogP) is 5.01. The summed E-state index contributed by atoms with van der Waals surface area (Å²) in [4.78, 5) is 29.8. The van der Waals surface area contributed by atoms with E-state index < -0.39 is 0 Å². The van der Waals surface area contributed by atoms with E-state index in [4.69, 9.17) is 0 Å². The zero-order valence-electron chi connectivity index (χ0n) is 19.2. The molecule has 0 bridgehead atoms. The number of likely N-dealkylation sites (tertiary alicyclic amines) is 1. The lowest BCUT2D eigenvalue weighted by molar-refractivity contribution is 0.0683. The SMILES string of the molecule is Cc1ccc(-n2c(=O)ccc3c(Nc4cccc(C)c4)c(C(=O)N4CCC[C@@H]4CO)sc32)cc1. The van der Waals surface area contributed by atoms with Crippen LogP contribution in [0.1, 0.15) is 33.6 Å². The van der Waals surface area contributed by atoms with Gasteiger partial charge in [0.2, 0.25) is 0 Å². The van der Waals surface area contributed by atoms with E-state index in [0.29, 0.717) is 17.1 Å². The summed E-state index contributed by atoms with van der Waals surface area (Å²) in [6.07, 6.45) is 1.67. The Balaban J connectivity index is 1.72. The molecule has 3 heterocycles. The molecule has 2 N–H and O–H groups in total. The minimum atomic E-state index is -0.177. The molecule has 1 aliphatic heterocycles. The summed E-state index contributed by atoms with van der Waals surface area (Å²) in [5.74, 6) is -0.115. The van der Waals surface area contributed by atoms with Gasteiger partial charge in [0.05, 0.1) is 24.0 Å². The van der Waals surface area contributed by atoms with Gasteiger partial charge in [0, 0.05) is 23.7 Å². The first-order valence-electron chi connectivity index (χ1n) is 11.5. The highest BCUT2D eigenvalue weighted by atomic mass is 32.1. The largest absolute Gasteiger partial charge is 0.394 e. The molecule has 0 aliphatic carbocycles. The molecular formula is C27H27N3O3S. The number of benzene rings is 2. The monoisotopic (exact) mass is 473 g/mol. The number of fused-ring (bicyclic) bond motifs is 1. The highest BCUT2D eigenvalue weighted by molar-refractivity contribution is 7.21. The number of pyridine rings is 1. The number of nitrogens with one attached hydrogen (secondary N) is 1. The number of aryl methyl sites for hydroxylation is 2. The molecule has 1 fully saturated rings. The minimum Gasteiger partial charge on any atom is -0.394 e. The van der Waals surface area contributed by atoms with Gasteiger partial charge in [-0.05, 0) is 62.6 Å². The van der Waals surface area contributed by atoms with Crippen molar-refractivity contribution >= 4 is 38.8 Å². The molecular weight excluding hydrogens is 446 g/mol. The first-order chi connectivity index (χ1) is 16.5. The Morgan fingerprint density at radius 3 is 2.62 bits per heavy atom. The fourth-order valence-electron chi connectivity index (χ4n) is 4.59. The Hall–Kier alpha value is -3.42. The smallest absolute Gasteiger partial charge is 0.266 e. The third-order valence-corrected chi connectivity index (χ3v) is 7.54. The Kier molecular flexibility index (Phi) is 5.98. The van der Waals surface area contributed by atoms with Crippen LogP contribution in [0.25, 0.3) is 15.9 Å². The second kappa shape index (κ2) is 9.08. The second-order valence-corrected chi connectivity index (χ2v) is 9.84. The molecule has 0 unspecified atom stereocenters. The Bertz CT molecular complexity index is 1420. The molecule has 0 saturated carbocycles. The van der Waals surface area contributed by atoms with Gasteiger partial charge in [-0.3, -0.25) is 14.2 Å². The fourth-order valence-corrected chi connectivity index (χ4v) is 5.81. The summed E-state index contributed by atoms with van der Waals surface area (Å²) in [7, 11) is 0. The van der Waals surface area contributed by atoms with E-state index in [1.54, 1.807) is 21.6 Å². The van der Waals surface area contributed by atoms with Gasteiger partial charge in [0.1, 0.15) is 9.71 Å². The predicted molar refractivity (Wildman–Crippen MR) is 138 cm³/mol. The molecule has 0 spiro atoms. The van der Waals surface area contributed by atoms with Crippen LogP contribution in [0.2, 0.25) is 0 Å². The molecule has 1 saturated heterocycles. The van der Waals surface area contributed by atoms with Crippen LogP contribution >= 0.6 is 11.3 Å². The Morgan fingerprint density at radius 2 is 1.88 bits per heavy atom. The van der Waals surface area contributed by atoms with Crippen LogP contribution in [0, 0.1) is 13.8 Å². The van der Waals surface area contributed by atoms with Crippen LogP contribution in [0.4, 0.5) is 11.4 Å². The van der Waals surface area contributed by atoms with Crippen molar-refractivity contribution in [1.82, 2.24) is 9.47 Å². The average Bonchev–Trinajstić information content (AvgIpc) is 3.44. The number of aliphatic hydroxyl groups excluding tert-OH is 1. The summed E-state index contributed by atoms with van der Waals surface area (Å²) in [5, 5.41) is 14.1. The van der Waals surface area contributed by atoms with Crippen molar-refractivity contribution in [2.24, 2.45) is 0 Å². The van der Waals surface area contributed by atoms with Crippen molar-refractivity contribution in [1.29, 1.82) is 0 Å². The molecule has 7 heteroatoms. The summed E-state index contributed by atoms with van der Waals surface area (Å²) in [6.45, 7) is 4.60. The van der Waals surface area contributed by atoms with E-state index in [9.17, 15) is 14.7 Å². The molecule has 1 aliphatic rings. The Labute approximate surface area is 202 Å². The minimum absolute atomic E-state index is 0.0502. The van der Waals surface area contributed by atoms with Crippen molar-refractivity contribution in [3.8, 4) is 5.69 Å². The van der Waals surface area contributed by atoms with Gasteiger partial charge >= 0.3 is 0 Å². The highest BCUT2D eigenvalue weighted by Crippen LogP contribution is 2.39. The topological polar surface area (TPSA) is 74.6 Å². The molecule has 6 nitrogen and oxygen atoms in total. The molecule has 4 aromatic rings. The molecule has 5 rings (SSSR count). The lowest BCUT2D eigenvalue weighted by Gasteiger charge is -2.23. The van der Waals surface area contributed by atoms with E-state index in [-0.39, 0.29) is 24.1 Å². The number of carbonyl (C=O) groups is 1. The van der Waals surface area contributed by atoms with Crippen molar-refractivity contribution in [3.05, 3.63) is 87.0 Å². The summed E-state index contributed by atoms with van der Waals surface area (Å²) >= 11 is 1.32. The number of nitrogens with zero attached hydrogens (tertiary/aromatic N) is 2. The highest BCUT2D eigenvalue weighted by Gasteiger charge is 2.32. The van der Waals surface area contributed by atoms with Crippen LogP contribution in [-0.4, -0.2) is 39.7 Å². The van der Waals surface area contributed by atoms with Crippen LogP contribution in [0.3, 0.4) is 0 Å².